The summed E-state index contributed by atoms with van der Waals surface area (Å²) in [5.74, 6) is 2.08. The van der Waals surface area contributed by atoms with Crippen LogP contribution in [0, 0.1) is 13.8 Å². The predicted molar refractivity (Wildman–Crippen MR) is 127 cm³/mol. The third kappa shape index (κ3) is 6.24. The topological polar surface area (TPSA) is 66.5 Å². The van der Waals surface area contributed by atoms with Crippen molar-refractivity contribution in [3.8, 4) is 23.0 Å². The minimum absolute atomic E-state index is 0.0102. The average molecular weight is 478 g/mol. The molecule has 8 heteroatoms. The van der Waals surface area contributed by atoms with Gasteiger partial charge in [0.05, 0.1) is 27.4 Å². The summed E-state index contributed by atoms with van der Waals surface area (Å²) in [4.78, 5) is 15.0. The Bertz CT molecular complexity index is 925. The Hall–Kier alpha value is -2.64. The van der Waals surface area contributed by atoms with Gasteiger partial charge in [0.1, 0.15) is 5.75 Å². The molecule has 0 aliphatic carbocycles. The van der Waals surface area contributed by atoms with Gasteiger partial charge in [-0.25, -0.2) is 0 Å². The highest BCUT2D eigenvalue weighted by atomic mass is 35.5. The lowest BCUT2D eigenvalue weighted by molar-refractivity contribution is -0.135. The standard InChI is InChI=1S/C25H32ClNO6/c1-16-9-20(10-17(2)24(16)26)33-15-23(28)27(14-19-7-6-8-32-19)13-18-11-21(29-3)25(31-5)22(12-18)30-4/h9-12,19H,6-8,13-15H2,1-5H3/t19-/m0/s1. The van der Waals surface area contributed by atoms with Crippen LogP contribution < -0.4 is 18.9 Å². The summed E-state index contributed by atoms with van der Waals surface area (Å²) >= 11 is 6.25. The molecule has 0 bridgehead atoms. The highest BCUT2D eigenvalue weighted by Gasteiger charge is 2.24. The number of hydrogen-bond donors (Lipinski definition) is 0. The number of amides is 1. The van der Waals surface area contributed by atoms with Crippen LogP contribution in [0.1, 0.15) is 29.5 Å². The zero-order chi connectivity index (χ0) is 24.0. The number of carbonyl (C=O) groups is 1. The molecule has 0 radical (unpaired) electrons. The third-order valence-corrected chi connectivity index (χ3v) is 6.27. The lowest BCUT2D eigenvalue weighted by Gasteiger charge is -2.26. The van der Waals surface area contributed by atoms with Crippen LogP contribution in [-0.2, 0) is 16.1 Å². The van der Waals surface area contributed by atoms with Crippen molar-refractivity contribution in [2.24, 2.45) is 0 Å². The van der Waals surface area contributed by atoms with Gasteiger partial charge in [-0.2, -0.15) is 0 Å². The molecule has 33 heavy (non-hydrogen) atoms. The van der Waals surface area contributed by atoms with Crippen molar-refractivity contribution in [1.82, 2.24) is 4.90 Å². The zero-order valence-corrected chi connectivity index (χ0v) is 20.7. The molecular weight excluding hydrogens is 446 g/mol. The third-order valence-electron chi connectivity index (χ3n) is 5.67. The lowest BCUT2D eigenvalue weighted by atomic mass is 10.1. The molecule has 0 unspecified atom stereocenters. The van der Waals surface area contributed by atoms with Crippen LogP contribution in [0.3, 0.4) is 0 Å². The number of hydrogen-bond acceptors (Lipinski definition) is 6. The Kier molecular flexibility index (Phi) is 8.69. The maximum Gasteiger partial charge on any atom is 0.260 e. The fraction of sp³-hybridized carbons (Fsp3) is 0.480. The molecule has 0 N–H and O–H groups in total. The van der Waals surface area contributed by atoms with Crippen molar-refractivity contribution in [2.45, 2.75) is 39.3 Å². The monoisotopic (exact) mass is 477 g/mol. The molecule has 3 rings (SSSR count). The van der Waals surface area contributed by atoms with E-state index in [1.54, 1.807) is 26.2 Å². The zero-order valence-electron chi connectivity index (χ0n) is 19.9. The average Bonchev–Trinajstić information content (AvgIpc) is 3.32. The van der Waals surface area contributed by atoms with E-state index in [4.69, 9.17) is 35.3 Å². The van der Waals surface area contributed by atoms with Crippen LogP contribution in [0.15, 0.2) is 24.3 Å². The van der Waals surface area contributed by atoms with Crippen LogP contribution in [0.4, 0.5) is 0 Å². The van der Waals surface area contributed by atoms with Gasteiger partial charge in [0, 0.05) is 24.7 Å². The summed E-state index contributed by atoms with van der Waals surface area (Å²) in [6, 6.07) is 7.38. The first-order chi connectivity index (χ1) is 15.9. The second kappa shape index (κ2) is 11.5. The number of halogens is 1. The molecule has 1 heterocycles. The number of aryl methyl sites for hydroxylation is 2. The van der Waals surface area contributed by atoms with E-state index in [1.165, 1.54) is 0 Å². The quantitative estimate of drug-likeness (QED) is 0.499. The minimum atomic E-state index is -0.135. The van der Waals surface area contributed by atoms with E-state index < -0.39 is 0 Å². The van der Waals surface area contributed by atoms with Crippen molar-refractivity contribution in [3.05, 3.63) is 46.0 Å². The van der Waals surface area contributed by atoms with Crippen LogP contribution in [0.2, 0.25) is 5.02 Å². The number of carbonyl (C=O) groups excluding carboxylic acids is 1. The van der Waals surface area contributed by atoms with E-state index in [0.717, 1.165) is 36.1 Å². The molecule has 0 aromatic heterocycles. The minimum Gasteiger partial charge on any atom is -0.493 e. The van der Waals surface area contributed by atoms with E-state index in [9.17, 15) is 4.79 Å². The molecule has 0 saturated carbocycles. The lowest BCUT2D eigenvalue weighted by Crippen LogP contribution is -2.39. The fourth-order valence-corrected chi connectivity index (χ4v) is 4.07. The number of ether oxygens (including phenoxy) is 5. The van der Waals surface area contributed by atoms with Crippen molar-refractivity contribution in [3.63, 3.8) is 0 Å². The highest BCUT2D eigenvalue weighted by molar-refractivity contribution is 6.32. The van der Waals surface area contributed by atoms with Crippen molar-refractivity contribution < 1.29 is 28.5 Å². The van der Waals surface area contributed by atoms with Crippen molar-refractivity contribution in [2.75, 3.05) is 41.1 Å². The second-order valence-corrected chi connectivity index (χ2v) is 8.48. The number of nitrogens with zero attached hydrogens (tertiary/aromatic N) is 1. The van der Waals surface area contributed by atoms with Crippen LogP contribution in [0.5, 0.6) is 23.0 Å². The molecule has 0 spiro atoms. The molecule has 1 fully saturated rings. The molecule has 2 aromatic carbocycles. The summed E-state index contributed by atoms with van der Waals surface area (Å²) in [5.41, 5.74) is 2.68. The van der Waals surface area contributed by atoms with Gasteiger partial charge >= 0.3 is 0 Å². The molecule has 1 aliphatic heterocycles. The molecule has 1 atom stereocenters. The van der Waals surface area contributed by atoms with Gasteiger partial charge in [0.25, 0.3) is 5.91 Å². The predicted octanol–water partition coefficient (Wildman–Crippen LogP) is 4.57. The number of rotatable bonds is 10. The van der Waals surface area contributed by atoms with E-state index >= 15 is 0 Å². The largest absolute Gasteiger partial charge is 0.493 e. The fourth-order valence-electron chi connectivity index (χ4n) is 3.96. The van der Waals surface area contributed by atoms with Gasteiger partial charge in [0.15, 0.2) is 18.1 Å². The summed E-state index contributed by atoms with van der Waals surface area (Å²) < 4.78 is 28.0. The van der Waals surface area contributed by atoms with Gasteiger partial charge < -0.3 is 28.6 Å². The van der Waals surface area contributed by atoms with Gasteiger partial charge in [-0.05, 0) is 67.6 Å². The normalized spacial score (nSPS) is 15.3. The summed E-state index contributed by atoms with van der Waals surface area (Å²) in [6.45, 7) is 5.31. The van der Waals surface area contributed by atoms with Gasteiger partial charge in [-0.15, -0.1) is 0 Å². The van der Waals surface area contributed by atoms with Gasteiger partial charge in [-0.3, -0.25) is 4.79 Å². The summed E-state index contributed by atoms with van der Waals surface area (Å²) in [7, 11) is 4.70. The van der Waals surface area contributed by atoms with Crippen LogP contribution >= 0.6 is 11.6 Å². The molecular formula is C25H32ClNO6. The van der Waals surface area contributed by atoms with Gasteiger partial charge in [-0.1, -0.05) is 11.6 Å². The molecule has 1 saturated heterocycles. The Morgan fingerprint density at radius 3 is 2.21 bits per heavy atom. The molecule has 1 amide bonds. The first kappa shape index (κ1) is 25.0. The van der Waals surface area contributed by atoms with E-state index in [1.807, 2.05) is 38.1 Å². The van der Waals surface area contributed by atoms with Crippen molar-refractivity contribution >= 4 is 17.5 Å². The maximum atomic E-state index is 13.2. The Balaban J connectivity index is 1.79. The van der Waals surface area contributed by atoms with E-state index in [-0.39, 0.29) is 18.6 Å². The number of methoxy groups -OCH3 is 3. The summed E-state index contributed by atoms with van der Waals surface area (Å²) in [6.07, 6.45) is 1.93. The summed E-state index contributed by atoms with van der Waals surface area (Å²) in [5, 5.41) is 0.705. The Labute approximate surface area is 200 Å². The SMILES string of the molecule is COc1cc(CN(C[C@@H]2CCCO2)C(=O)COc2cc(C)c(Cl)c(C)c2)cc(OC)c1OC. The highest BCUT2D eigenvalue weighted by Crippen LogP contribution is 2.38. The maximum absolute atomic E-state index is 13.2. The first-order valence-corrected chi connectivity index (χ1v) is 11.3. The molecule has 2 aromatic rings. The Morgan fingerprint density at radius 1 is 1.06 bits per heavy atom. The van der Waals surface area contributed by atoms with Gasteiger partial charge in [0.2, 0.25) is 5.75 Å². The van der Waals surface area contributed by atoms with E-state index in [0.29, 0.717) is 41.1 Å². The smallest absolute Gasteiger partial charge is 0.260 e. The number of benzene rings is 2. The van der Waals surface area contributed by atoms with Crippen LogP contribution in [0.25, 0.3) is 0 Å². The van der Waals surface area contributed by atoms with Crippen molar-refractivity contribution in [1.29, 1.82) is 0 Å². The first-order valence-electron chi connectivity index (χ1n) is 10.9. The van der Waals surface area contributed by atoms with E-state index in [2.05, 4.69) is 0 Å². The molecule has 1 aliphatic rings. The van der Waals surface area contributed by atoms with Crippen LogP contribution in [-0.4, -0.2) is 58.0 Å². The Morgan fingerprint density at radius 2 is 1.70 bits per heavy atom. The second-order valence-electron chi connectivity index (χ2n) is 8.10. The molecule has 7 nitrogen and oxygen atoms in total. The molecule has 180 valence electrons.